The molecule has 6 heteroatoms. The van der Waals surface area contributed by atoms with Gasteiger partial charge < -0.3 is 15.7 Å². The van der Waals surface area contributed by atoms with Gasteiger partial charge in [-0.3, -0.25) is 0 Å². The zero-order valence-electron chi connectivity index (χ0n) is 12.2. The van der Waals surface area contributed by atoms with Crippen molar-refractivity contribution < 1.29 is 18.7 Å². The van der Waals surface area contributed by atoms with Crippen LogP contribution in [0.2, 0.25) is 0 Å². The van der Waals surface area contributed by atoms with Crippen LogP contribution in [0.5, 0.6) is 0 Å². The number of fused-ring (bicyclic) bond motifs is 2. The highest BCUT2D eigenvalue weighted by Crippen LogP contribution is 2.48. The Kier molecular flexibility index (Phi) is 4.29. The molecule has 0 aliphatic heterocycles. The van der Waals surface area contributed by atoms with Crippen molar-refractivity contribution in [2.24, 2.45) is 17.8 Å². The topological polar surface area (TPSA) is 61.4 Å². The minimum absolute atomic E-state index is 0.0268. The normalized spacial score (nSPS) is 29.6. The second-order valence-corrected chi connectivity index (χ2v) is 6.27. The monoisotopic (exact) mass is 310 g/mol. The molecule has 2 amide bonds. The average Bonchev–Trinajstić information content (AvgIpc) is 3.09. The number of aliphatic hydroxyl groups is 1. The van der Waals surface area contributed by atoms with E-state index >= 15 is 0 Å². The summed E-state index contributed by atoms with van der Waals surface area (Å²) >= 11 is 0. The molecule has 4 atom stereocenters. The molecule has 2 fully saturated rings. The molecule has 3 rings (SSSR count). The Morgan fingerprint density at radius 2 is 2.05 bits per heavy atom. The number of rotatable bonds is 4. The van der Waals surface area contributed by atoms with Gasteiger partial charge in [0, 0.05) is 30.7 Å². The number of amides is 2. The zero-order valence-corrected chi connectivity index (χ0v) is 12.2. The molecule has 1 aromatic carbocycles. The SMILES string of the molecule is O=C(NCc1cc(F)ccc1F)NC1C2CCC(C2)C1CO. The lowest BCUT2D eigenvalue weighted by Crippen LogP contribution is -2.48. The average molecular weight is 310 g/mol. The van der Waals surface area contributed by atoms with Crippen molar-refractivity contribution in [2.45, 2.75) is 31.8 Å². The molecular weight excluding hydrogens is 290 g/mol. The first-order valence-electron chi connectivity index (χ1n) is 7.67. The lowest BCUT2D eigenvalue weighted by molar-refractivity contribution is 0.144. The molecule has 22 heavy (non-hydrogen) atoms. The summed E-state index contributed by atoms with van der Waals surface area (Å²) in [6.07, 6.45) is 3.24. The van der Waals surface area contributed by atoms with E-state index < -0.39 is 17.7 Å². The van der Waals surface area contributed by atoms with Gasteiger partial charge in [-0.1, -0.05) is 0 Å². The van der Waals surface area contributed by atoms with Gasteiger partial charge in [-0.15, -0.1) is 0 Å². The van der Waals surface area contributed by atoms with Crippen LogP contribution in [0.3, 0.4) is 0 Å². The smallest absolute Gasteiger partial charge is 0.315 e. The van der Waals surface area contributed by atoms with Crippen LogP contribution >= 0.6 is 0 Å². The molecule has 1 aromatic rings. The number of carbonyl (C=O) groups is 1. The summed E-state index contributed by atoms with van der Waals surface area (Å²) in [6, 6.07) is 2.73. The van der Waals surface area contributed by atoms with E-state index in [1.807, 2.05) is 0 Å². The molecule has 4 unspecified atom stereocenters. The van der Waals surface area contributed by atoms with Gasteiger partial charge in [0.25, 0.3) is 0 Å². The second-order valence-electron chi connectivity index (χ2n) is 6.27. The quantitative estimate of drug-likeness (QED) is 0.798. The Balaban J connectivity index is 1.55. The van der Waals surface area contributed by atoms with Crippen LogP contribution in [-0.4, -0.2) is 23.8 Å². The predicted molar refractivity (Wildman–Crippen MR) is 76.9 cm³/mol. The van der Waals surface area contributed by atoms with Crippen molar-refractivity contribution in [2.75, 3.05) is 6.61 Å². The van der Waals surface area contributed by atoms with Crippen LogP contribution in [0.25, 0.3) is 0 Å². The van der Waals surface area contributed by atoms with Crippen molar-refractivity contribution in [3.63, 3.8) is 0 Å². The standard InChI is InChI=1S/C16H20F2N2O2/c17-12-3-4-14(18)11(6-12)7-19-16(22)20-15-10-2-1-9(5-10)13(15)8-21/h3-4,6,9-10,13,15,21H,1-2,5,7-8H2,(H2,19,20,22). The maximum Gasteiger partial charge on any atom is 0.315 e. The maximum absolute atomic E-state index is 13.5. The second kappa shape index (κ2) is 6.20. The molecule has 2 bridgehead atoms. The molecule has 0 saturated heterocycles. The Bertz CT molecular complexity index is 567. The number of aliphatic hydroxyl groups excluding tert-OH is 1. The van der Waals surface area contributed by atoms with Crippen molar-refractivity contribution in [3.8, 4) is 0 Å². The first-order valence-corrected chi connectivity index (χ1v) is 7.67. The number of urea groups is 1. The highest BCUT2D eigenvalue weighted by Gasteiger charge is 2.47. The third kappa shape index (κ3) is 2.92. The van der Waals surface area contributed by atoms with Crippen molar-refractivity contribution in [3.05, 3.63) is 35.4 Å². The Labute approximate surface area is 127 Å². The van der Waals surface area contributed by atoms with E-state index in [1.165, 1.54) is 0 Å². The van der Waals surface area contributed by atoms with E-state index in [0.29, 0.717) is 11.8 Å². The van der Waals surface area contributed by atoms with Crippen LogP contribution in [0.4, 0.5) is 13.6 Å². The van der Waals surface area contributed by atoms with E-state index in [-0.39, 0.29) is 30.7 Å². The van der Waals surface area contributed by atoms with Gasteiger partial charge in [0.2, 0.25) is 0 Å². The lowest BCUT2D eigenvalue weighted by Gasteiger charge is -2.30. The van der Waals surface area contributed by atoms with Crippen LogP contribution in [-0.2, 0) is 6.54 Å². The number of halogens is 2. The largest absolute Gasteiger partial charge is 0.396 e. The van der Waals surface area contributed by atoms with Gasteiger partial charge in [0.15, 0.2) is 0 Å². The van der Waals surface area contributed by atoms with Crippen molar-refractivity contribution >= 4 is 6.03 Å². The number of benzene rings is 1. The fourth-order valence-electron chi connectivity index (χ4n) is 3.95. The fourth-order valence-corrected chi connectivity index (χ4v) is 3.95. The van der Waals surface area contributed by atoms with Gasteiger partial charge >= 0.3 is 6.03 Å². The summed E-state index contributed by atoms with van der Waals surface area (Å²) < 4.78 is 26.6. The van der Waals surface area contributed by atoms with Crippen molar-refractivity contribution in [1.82, 2.24) is 10.6 Å². The fraction of sp³-hybridized carbons (Fsp3) is 0.562. The Hall–Kier alpha value is -1.69. The molecule has 0 radical (unpaired) electrons. The van der Waals surface area contributed by atoms with Gasteiger partial charge in [-0.25, -0.2) is 13.6 Å². The molecule has 3 N–H and O–H groups in total. The molecule has 0 heterocycles. The number of hydrogen-bond acceptors (Lipinski definition) is 2. The van der Waals surface area contributed by atoms with Crippen LogP contribution in [0.15, 0.2) is 18.2 Å². The summed E-state index contributed by atoms with van der Waals surface area (Å²) in [5, 5.41) is 14.9. The molecular formula is C16H20F2N2O2. The summed E-state index contributed by atoms with van der Waals surface area (Å²) in [5.74, 6) is -0.0721. The van der Waals surface area contributed by atoms with E-state index in [0.717, 1.165) is 37.5 Å². The summed E-state index contributed by atoms with van der Waals surface area (Å²) in [6.45, 7) is 0.00463. The number of carbonyl (C=O) groups excluding carboxylic acids is 1. The number of hydrogen-bond donors (Lipinski definition) is 3. The minimum Gasteiger partial charge on any atom is -0.396 e. The van der Waals surface area contributed by atoms with Crippen molar-refractivity contribution in [1.29, 1.82) is 0 Å². The molecule has 2 aliphatic carbocycles. The number of nitrogens with one attached hydrogen (secondary N) is 2. The van der Waals surface area contributed by atoms with E-state index in [4.69, 9.17) is 0 Å². The Morgan fingerprint density at radius 1 is 1.27 bits per heavy atom. The zero-order chi connectivity index (χ0) is 15.7. The minimum atomic E-state index is -0.546. The Morgan fingerprint density at radius 3 is 2.82 bits per heavy atom. The molecule has 2 aliphatic rings. The van der Waals surface area contributed by atoms with Gasteiger partial charge in [0.1, 0.15) is 11.6 Å². The molecule has 0 aromatic heterocycles. The first-order chi connectivity index (χ1) is 10.6. The van der Waals surface area contributed by atoms with E-state index in [1.54, 1.807) is 0 Å². The summed E-state index contributed by atoms with van der Waals surface area (Å²) in [5.41, 5.74) is 0.113. The third-order valence-electron chi connectivity index (χ3n) is 5.04. The van der Waals surface area contributed by atoms with E-state index in [2.05, 4.69) is 10.6 Å². The maximum atomic E-state index is 13.5. The highest BCUT2D eigenvalue weighted by atomic mass is 19.1. The van der Waals surface area contributed by atoms with Crippen LogP contribution < -0.4 is 10.6 Å². The predicted octanol–water partition coefficient (Wildman–Crippen LogP) is 2.17. The van der Waals surface area contributed by atoms with Gasteiger partial charge in [-0.05, 0) is 49.3 Å². The molecule has 2 saturated carbocycles. The molecule has 0 spiro atoms. The van der Waals surface area contributed by atoms with E-state index in [9.17, 15) is 18.7 Å². The summed E-state index contributed by atoms with van der Waals surface area (Å²) in [7, 11) is 0. The first kappa shape index (κ1) is 15.2. The third-order valence-corrected chi connectivity index (χ3v) is 5.04. The van der Waals surface area contributed by atoms with Crippen LogP contribution in [0.1, 0.15) is 24.8 Å². The molecule has 4 nitrogen and oxygen atoms in total. The highest BCUT2D eigenvalue weighted by molar-refractivity contribution is 5.74. The lowest BCUT2D eigenvalue weighted by atomic mass is 9.85. The van der Waals surface area contributed by atoms with Gasteiger partial charge in [0.05, 0.1) is 0 Å². The summed E-state index contributed by atoms with van der Waals surface area (Å²) in [4.78, 5) is 12.0. The van der Waals surface area contributed by atoms with Gasteiger partial charge in [-0.2, -0.15) is 0 Å². The molecule has 120 valence electrons. The van der Waals surface area contributed by atoms with Crippen LogP contribution in [0, 0.1) is 29.4 Å².